The third-order valence-electron chi connectivity index (χ3n) is 5.42. The Hall–Kier alpha value is -3.41. The average molecular weight is 422 g/mol. The number of benzene rings is 3. The lowest BCUT2D eigenvalue weighted by atomic mass is 10.0. The molecular weight excluding hydrogens is 398 g/mol. The molecule has 4 nitrogen and oxygen atoms in total. The molecule has 6 heteroatoms. The van der Waals surface area contributed by atoms with Gasteiger partial charge < -0.3 is 15.0 Å². The first-order valence-electron chi connectivity index (χ1n) is 10.4. The summed E-state index contributed by atoms with van der Waals surface area (Å²) >= 11 is 0. The molecule has 0 saturated carbocycles. The molecule has 1 fully saturated rings. The number of likely N-dealkylation sites (tertiary alicyclic amines) is 1. The summed E-state index contributed by atoms with van der Waals surface area (Å²) in [5, 5.41) is 2.96. The van der Waals surface area contributed by atoms with Crippen molar-refractivity contribution in [3.8, 4) is 16.9 Å². The van der Waals surface area contributed by atoms with Crippen molar-refractivity contribution in [2.45, 2.75) is 25.5 Å². The fraction of sp³-hybridized carbons (Fsp3) is 0.240. The lowest BCUT2D eigenvalue weighted by molar-refractivity contribution is 0.111. The summed E-state index contributed by atoms with van der Waals surface area (Å²) in [5.74, 6) is 0.103. The maximum Gasteiger partial charge on any atom is 0.317 e. The highest BCUT2D eigenvalue weighted by Crippen LogP contribution is 2.21. The Labute approximate surface area is 180 Å². The van der Waals surface area contributed by atoms with E-state index in [0.717, 1.165) is 29.5 Å². The van der Waals surface area contributed by atoms with Crippen LogP contribution in [-0.4, -0.2) is 30.1 Å². The third-order valence-corrected chi connectivity index (χ3v) is 5.42. The zero-order chi connectivity index (χ0) is 21.6. The largest absolute Gasteiger partial charge is 0.490 e. The van der Waals surface area contributed by atoms with Crippen LogP contribution >= 0.6 is 0 Å². The van der Waals surface area contributed by atoms with E-state index < -0.39 is 0 Å². The van der Waals surface area contributed by atoms with Gasteiger partial charge in [-0.15, -0.1) is 0 Å². The maximum atomic E-state index is 13.1. The van der Waals surface area contributed by atoms with Crippen molar-refractivity contribution in [3.63, 3.8) is 0 Å². The van der Waals surface area contributed by atoms with Crippen LogP contribution < -0.4 is 10.1 Å². The van der Waals surface area contributed by atoms with Crippen LogP contribution in [0.15, 0.2) is 72.8 Å². The van der Waals surface area contributed by atoms with Crippen LogP contribution in [0.5, 0.6) is 5.75 Å². The summed E-state index contributed by atoms with van der Waals surface area (Å²) in [4.78, 5) is 14.3. The van der Waals surface area contributed by atoms with Gasteiger partial charge in [-0.2, -0.15) is 0 Å². The van der Waals surface area contributed by atoms with Crippen molar-refractivity contribution in [1.82, 2.24) is 10.2 Å². The second-order valence-corrected chi connectivity index (χ2v) is 7.62. The molecule has 1 heterocycles. The summed E-state index contributed by atoms with van der Waals surface area (Å²) in [6.07, 6.45) is 1.49. The lowest BCUT2D eigenvalue weighted by Crippen LogP contribution is -2.46. The topological polar surface area (TPSA) is 41.6 Å². The minimum Gasteiger partial charge on any atom is -0.490 e. The SMILES string of the molecule is O=C(NCc1ccc(-c2ccc(F)cc2)cc1)N1CCC(Oc2ccc(F)cc2)CC1. The number of urea groups is 1. The van der Waals surface area contributed by atoms with Crippen LogP contribution in [0.25, 0.3) is 11.1 Å². The zero-order valence-electron chi connectivity index (χ0n) is 17.1. The van der Waals surface area contributed by atoms with E-state index >= 15 is 0 Å². The predicted octanol–water partition coefficient (Wildman–Crippen LogP) is 5.38. The first-order valence-corrected chi connectivity index (χ1v) is 10.4. The maximum absolute atomic E-state index is 13.1. The molecule has 0 aromatic heterocycles. The molecule has 0 spiro atoms. The number of carbonyl (C=O) groups excluding carboxylic acids is 1. The number of piperidine rings is 1. The number of amides is 2. The van der Waals surface area contributed by atoms with Crippen molar-refractivity contribution in [1.29, 1.82) is 0 Å². The molecule has 0 unspecified atom stereocenters. The van der Waals surface area contributed by atoms with Gasteiger partial charge in [-0.25, -0.2) is 13.6 Å². The van der Waals surface area contributed by atoms with E-state index in [1.807, 2.05) is 24.3 Å². The highest BCUT2D eigenvalue weighted by atomic mass is 19.1. The molecule has 1 N–H and O–H groups in total. The Balaban J connectivity index is 1.23. The molecule has 0 bridgehead atoms. The molecule has 1 aliphatic rings. The Morgan fingerprint density at radius 3 is 1.94 bits per heavy atom. The standard InChI is InChI=1S/C25H24F2N2O2/c26-21-7-5-20(6-8-21)19-3-1-18(2-4-19)17-28-25(30)29-15-13-24(14-16-29)31-23-11-9-22(27)10-12-23/h1-12,24H,13-17H2,(H,28,30). The molecule has 3 aromatic carbocycles. The van der Waals surface area contributed by atoms with Crippen LogP contribution in [0.4, 0.5) is 13.6 Å². The summed E-state index contributed by atoms with van der Waals surface area (Å²) < 4.78 is 31.9. The molecule has 31 heavy (non-hydrogen) atoms. The number of nitrogens with one attached hydrogen (secondary N) is 1. The van der Waals surface area contributed by atoms with Gasteiger partial charge in [0.25, 0.3) is 0 Å². The normalized spacial score (nSPS) is 14.3. The Kier molecular flexibility index (Phi) is 6.46. The first-order chi connectivity index (χ1) is 15.1. The quantitative estimate of drug-likeness (QED) is 0.599. The van der Waals surface area contributed by atoms with Crippen LogP contribution in [0.1, 0.15) is 18.4 Å². The van der Waals surface area contributed by atoms with E-state index in [9.17, 15) is 13.6 Å². The lowest BCUT2D eigenvalue weighted by Gasteiger charge is -2.32. The fourth-order valence-corrected chi connectivity index (χ4v) is 3.63. The van der Waals surface area contributed by atoms with E-state index in [4.69, 9.17) is 4.74 Å². The summed E-state index contributed by atoms with van der Waals surface area (Å²) in [7, 11) is 0. The van der Waals surface area contributed by atoms with Crippen molar-refractivity contribution in [3.05, 3.63) is 90.0 Å². The van der Waals surface area contributed by atoms with Crippen molar-refractivity contribution in [2.24, 2.45) is 0 Å². The molecule has 0 radical (unpaired) electrons. The average Bonchev–Trinajstić information content (AvgIpc) is 2.80. The van der Waals surface area contributed by atoms with Crippen LogP contribution in [0.3, 0.4) is 0 Å². The number of carbonyl (C=O) groups is 1. The molecule has 160 valence electrons. The highest BCUT2D eigenvalue weighted by molar-refractivity contribution is 5.74. The van der Waals surface area contributed by atoms with Gasteiger partial charge in [0, 0.05) is 32.5 Å². The summed E-state index contributed by atoms with van der Waals surface area (Å²) in [5.41, 5.74) is 2.94. The van der Waals surface area contributed by atoms with E-state index in [0.29, 0.717) is 25.4 Å². The molecule has 0 aliphatic carbocycles. The summed E-state index contributed by atoms with van der Waals surface area (Å²) in [6, 6.07) is 20.1. The summed E-state index contributed by atoms with van der Waals surface area (Å²) in [6.45, 7) is 1.66. The number of halogens is 2. The number of nitrogens with zero attached hydrogens (tertiary/aromatic N) is 1. The van der Waals surface area contributed by atoms with E-state index in [-0.39, 0.29) is 23.8 Å². The number of hydrogen-bond acceptors (Lipinski definition) is 2. The van der Waals surface area contributed by atoms with Gasteiger partial charge in [0.05, 0.1) is 0 Å². The van der Waals surface area contributed by atoms with Crippen LogP contribution in [0.2, 0.25) is 0 Å². The van der Waals surface area contributed by atoms with Crippen LogP contribution in [0, 0.1) is 11.6 Å². The third kappa shape index (κ3) is 5.60. The molecule has 0 atom stereocenters. The Morgan fingerprint density at radius 1 is 0.839 bits per heavy atom. The molecule has 1 saturated heterocycles. The van der Waals surface area contributed by atoms with Gasteiger partial charge in [0.15, 0.2) is 0 Å². The Bertz CT molecular complexity index is 997. The first kappa shape index (κ1) is 20.8. The Morgan fingerprint density at radius 2 is 1.35 bits per heavy atom. The fourth-order valence-electron chi connectivity index (χ4n) is 3.63. The minimum atomic E-state index is -0.288. The highest BCUT2D eigenvalue weighted by Gasteiger charge is 2.23. The molecule has 1 aliphatic heterocycles. The second-order valence-electron chi connectivity index (χ2n) is 7.62. The van der Waals surface area contributed by atoms with Gasteiger partial charge in [-0.1, -0.05) is 36.4 Å². The van der Waals surface area contributed by atoms with Crippen molar-refractivity contribution >= 4 is 6.03 Å². The van der Waals surface area contributed by atoms with Gasteiger partial charge in [0.2, 0.25) is 0 Å². The minimum absolute atomic E-state index is 0.0218. The molecule has 3 aromatic rings. The van der Waals surface area contributed by atoms with E-state index in [1.165, 1.54) is 24.3 Å². The number of rotatable bonds is 5. The van der Waals surface area contributed by atoms with Gasteiger partial charge in [-0.05, 0) is 53.1 Å². The van der Waals surface area contributed by atoms with Gasteiger partial charge >= 0.3 is 6.03 Å². The zero-order valence-corrected chi connectivity index (χ0v) is 17.1. The predicted molar refractivity (Wildman–Crippen MR) is 116 cm³/mol. The molecular formula is C25H24F2N2O2. The number of ether oxygens (including phenoxy) is 1. The van der Waals surface area contributed by atoms with Gasteiger partial charge in [0.1, 0.15) is 23.5 Å². The van der Waals surface area contributed by atoms with Crippen LogP contribution in [-0.2, 0) is 6.54 Å². The number of hydrogen-bond donors (Lipinski definition) is 1. The van der Waals surface area contributed by atoms with Crippen molar-refractivity contribution < 1.29 is 18.3 Å². The smallest absolute Gasteiger partial charge is 0.317 e. The van der Waals surface area contributed by atoms with E-state index in [2.05, 4.69) is 5.32 Å². The molecule has 2 amide bonds. The van der Waals surface area contributed by atoms with Crippen molar-refractivity contribution in [2.75, 3.05) is 13.1 Å². The monoisotopic (exact) mass is 422 g/mol. The second kappa shape index (κ2) is 9.60. The molecule has 4 rings (SSSR count). The van der Waals surface area contributed by atoms with E-state index in [1.54, 1.807) is 29.2 Å². The van der Waals surface area contributed by atoms with Gasteiger partial charge in [-0.3, -0.25) is 0 Å².